The number of halogens is 2. The van der Waals surface area contributed by atoms with E-state index in [2.05, 4.69) is 5.92 Å². The molecule has 3 heteroatoms. The molecule has 0 spiro atoms. The van der Waals surface area contributed by atoms with Crippen molar-refractivity contribution < 1.29 is 13.5 Å². The van der Waals surface area contributed by atoms with Crippen LogP contribution in [-0.2, 0) is 6.42 Å². The summed E-state index contributed by atoms with van der Waals surface area (Å²) in [5.74, 6) is 4.82. The van der Waals surface area contributed by atoms with Gasteiger partial charge in [-0.25, -0.2) is 8.78 Å². The zero-order valence-corrected chi connectivity index (χ0v) is 15.4. The van der Waals surface area contributed by atoms with Crippen LogP contribution in [-0.4, -0.2) is 6.10 Å². The SMILES string of the molecule is C#CC1CCC(C2CCC(C3CCc4cc(F)cc(F)c4O3)CC2)CC1. The fraction of sp³-hybridized carbons (Fsp3) is 0.652. The molecule has 4 rings (SSSR count). The number of fused-ring (bicyclic) bond motifs is 1. The van der Waals surface area contributed by atoms with Gasteiger partial charge in [-0.15, -0.1) is 12.3 Å². The average Bonchev–Trinajstić information content (AvgIpc) is 2.68. The first-order chi connectivity index (χ1) is 12.6. The predicted molar refractivity (Wildman–Crippen MR) is 98.8 cm³/mol. The monoisotopic (exact) mass is 358 g/mol. The van der Waals surface area contributed by atoms with Gasteiger partial charge in [0.1, 0.15) is 11.9 Å². The first-order valence-corrected chi connectivity index (χ1v) is 10.2. The van der Waals surface area contributed by atoms with E-state index >= 15 is 0 Å². The lowest BCUT2D eigenvalue weighted by atomic mass is 9.68. The fourth-order valence-corrected chi connectivity index (χ4v) is 5.52. The van der Waals surface area contributed by atoms with Crippen LogP contribution in [0.2, 0.25) is 0 Å². The minimum absolute atomic E-state index is 0.0839. The smallest absolute Gasteiger partial charge is 0.168 e. The molecule has 1 aliphatic heterocycles. The van der Waals surface area contributed by atoms with Crippen LogP contribution < -0.4 is 4.74 Å². The maximum atomic E-state index is 14.1. The maximum absolute atomic E-state index is 14.1. The van der Waals surface area contributed by atoms with E-state index in [0.717, 1.165) is 24.3 Å². The molecule has 1 aromatic carbocycles. The predicted octanol–water partition coefficient (Wildman–Crippen LogP) is 5.90. The number of hydrogen-bond acceptors (Lipinski definition) is 1. The molecule has 3 aliphatic rings. The van der Waals surface area contributed by atoms with Crippen molar-refractivity contribution in [1.29, 1.82) is 0 Å². The highest BCUT2D eigenvalue weighted by Crippen LogP contribution is 2.44. The Hall–Kier alpha value is -1.56. The molecule has 26 heavy (non-hydrogen) atoms. The van der Waals surface area contributed by atoms with Gasteiger partial charge in [-0.05, 0) is 88.0 Å². The molecule has 2 saturated carbocycles. The second kappa shape index (κ2) is 7.59. The van der Waals surface area contributed by atoms with Gasteiger partial charge in [0, 0.05) is 17.5 Å². The Morgan fingerprint density at radius 3 is 2.12 bits per heavy atom. The van der Waals surface area contributed by atoms with Crippen molar-refractivity contribution in [1.82, 2.24) is 0 Å². The fourth-order valence-electron chi connectivity index (χ4n) is 5.52. The van der Waals surface area contributed by atoms with Crippen molar-refractivity contribution >= 4 is 0 Å². The molecule has 2 aliphatic carbocycles. The maximum Gasteiger partial charge on any atom is 0.168 e. The van der Waals surface area contributed by atoms with Crippen molar-refractivity contribution in [2.75, 3.05) is 0 Å². The summed E-state index contributed by atoms with van der Waals surface area (Å²) in [5.41, 5.74) is 0.678. The minimum atomic E-state index is -0.552. The van der Waals surface area contributed by atoms with Crippen molar-refractivity contribution in [3.63, 3.8) is 0 Å². The van der Waals surface area contributed by atoms with Crippen LogP contribution >= 0.6 is 0 Å². The molecule has 0 amide bonds. The third-order valence-electron chi connectivity index (χ3n) is 7.07. The standard InChI is InChI=1S/C23H28F2O/c1-2-15-3-5-16(6-4-15)17-7-9-18(10-8-17)22-12-11-19-13-20(24)14-21(25)23(19)26-22/h1,13-18,22H,3-12H2. The molecule has 1 heterocycles. The van der Waals surface area contributed by atoms with Gasteiger partial charge >= 0.3 is 0 Å². The largest absolute Gasteiger partial charge is 0.487 e. The molecule has 1 nitrogen and oxygen atoms in total. The number of hydrogen-bond donors (Lipinski definition) is 0. The van der Waals surface area contributed by atoms with Gasteiger partial charge in [-0.3, -0.25) is 0 Å². The van der Waals surface area contributed by atoms with Gasteiger partial charge in [-0.2, -0.15) is 0 Å². The topological polar surface area (TPSA) is 9.23 Å². The van der Waals surface area contributed by atoms with Crippen LogP contribution in [0.1, 0.15) is 63.4 Å². The molecular formula is C23H28F2O. The minimum Gasteiger partial charge on any atom is -0.487 e. The summed E-state index contributed by atoms with van der Waals surface area (Å²) >= 11 is 0. The van der Waals surface area contributed by atoms with Crippen molar-refractivity contribution in [3.05, 3.63) is 29.3 Å². The molecule has 0 N–H and O–H groups in total. The number of rotatable bonds is 2. The van der Waals surface area contributed by atoms with E-state index in [1.807, 2.05) is 0 Å². The molecule has 2 fully saturated rings. The number of benzene rings is 1. The zero-order valence-electron chi connectivity index (χ0n) is 15.4. The van der Waals surface area contributed by atoms with Gasteiger partial charge in [0.25, 0.3) is 0 Å². The van der Waals surface area contributed by atoms with Crippen LogP contribution in [0.3, 0.4) is 0 Å². The van der Waals surface area contributed by atoms with E-state index in [-0.39, 0.29) is 11.9 Å². The van der Waals surface area contributed by atoms with E-state index in [4.69, 9.17) is 11.2 Å². The summed E-state index contributed by atoms with van der Waals surface area (Å²) in [7, 11) is 0. The van der Waals surface area contributed by atoms with Crippen LogP contribution in [0, 0.1) is 47.6 Å². The van der Waals surface area contributed by atoms with Crippen LogP contribution in [0.25, 0.3) is 0 Å². The van der Waals surface area contributed by atoms with Gasteiger partial charge in [-0.1, -0.05) is 0 Å². The lowest BCUT2D eigenvalue weighted by Crippen LogP contribution is -2.35. The third-order valence-corrected chi connectivity index (χ3v) is 7.07. The quantitative estimate of drug-likeness (QED) is 0.598. The highest BCUT2D eigenvalue weighted by molar-refractivity contribution is 5.37. The molecule has 140 valence electrons. The third kappa shape index (κ3) is 3.61. The van der Waals surface area contributed by atoms with Crippen molar-refractivity contribution in [2.45, 2.75) is 70.3 Å². The lowest BCUT2D eigenvalue weighted by Gasteiger charge is -2.40. The number of aryl methyl sites for hydroxylation is 1. The van der Waals surface area contributed by atoms with Crippen molar-refractivity contribution in [2.24, 2.45) is 23.7 Å². The normalized spacial score (nSPS) is 34.4. The summed E-state index contributed by atoms with van der Waals surface area (Å²) < 4.78 is 33.4. The van der Waals surface area contributed by atoms with E-state index in [1.165, 1.54) is 57.4 Å². The number of ether oxygens (including phenoxy) is 1. The Bertz CT molecular complexity index is 676. The van der Waals surface area contributed by atoms with Gasteiger partial charge in [0.15, 0.2) is 11.6 Å². The first-order valence-electron chi connectivity index (χ1n) is 10.2. The van der Waals surface area contributed by atoms with Gasteiger partial charge in [0.05, 0.1) is 0 Å². The summed E-state index contributed by atoms with van der Waals surface area (Å²) in [6.45, 7) is 0. The van der Waals surface area contributed by atoms with E-state index < -0.39 is 11.6 Å². The second-order valence-electron chi connectivity index (χ2n) is 8.52. The molecular weight excluding hydrogens is 330 g/mol. The van der Waals surface area contributed by atoms with Gasteiger partial charge in [0.2, 0.25) is 0 Å². The Morgan fingerprint density at radius 2 is 1.46 bits per heavy atom. The Balaban J connectivity index is 1.32. The summed E-state index contributed by atoms with van der Waals surface area (Å²) in [6, 6.07) is 2.35. The van der Waals surface area contributed by atoms with Crippen molar-refractivity contribution in [3.8, 4) is 18.1 Å². The van der Waals surface area contributed by atoms with Crippen LogP contribution in [0.4, 0.5) is 8.78 Å². The van der Waals surface area contributed by atoms with E-state index in [0.29, 0.717) is 23.8 Å². The Morgan fingerprint density at radius 1 is 0.846 bits per heavy atom. The molecule has 1 unspecified atom stereocenters. The van der Waals surface area contributed by atoms with Crippen LogP contribution in [0.5, 0.6) is 5.75 Å². The summed E-state index contributed by atoms with van der Waals surface area (Å²) in [4.78, 5) is 0. The molecule has 0 radical (unpaired) electrons. The lowest BCUT2D eigenvalue weighted by molar-refractivity contribution is 0.0584. The summed E-state index contributed by atoms with van der Waals surface area (Å²) in [5, 5.41) is 0. The van der Waals surface area contributed by atoms with E-state index in [9.17, 15) is 8.78 Å². The van der Waals surface area contributed by atoms with E-state index in [1.54, 1.807) is 0 Å². The Labute approximate surface area is 155 Å². The molecule has 0 saturated heterocycles. The highest BCUT2D eigenvalue weighted by Gasteiger charge is 2.35. The first kappa shape index (κ1) is 17.8. The molecule has 1 aromatic rings. The Kier molecular flexibility index (Phi) is 5.20. The molecule has 0 bridgehead atoms. The molecule has 1 atom stereocenters. The van der Waals surface area contributed by atoms with Crippen LogP contribution in [0.15, 0.2) is 12.1 Å². The average molecular weight is 358 g/mol. The number of terminal acetylenes is 1. The van der Waals surface area contributed by atoms with Gasteiger partial charge < -0.3 is 4.74 Å². The summed E-state index contributed by atoms with van der Waals surface area (Å²) in [6.07, 6.45) is 17.1. The zero-order chi connectivity index (χ0) is 18.1. The second-order valence-corrected chi connectivity index (χ2v) is 8.52. The molecule has 0 aromatic heterocycles. The highest BCUT2D eigenvalue weighted by atomic mass is 19.1.